The second-order valence-electron chi connectivity index (χ2n) is 9.97. The summed E-state index contributed by atoms with van der Waals surface area (Å²) in [6.07, 6.45) is 22.2. The minimum atomic E-state index is -5.08. The van der Waals surface area contributed by atoms with E-state index >= 15 is 0 Å². The lowest BCUT2D eigenvalue weighted by Gasteiger charge is -2.16. The van der Waals surface area contributed by atoms with Gasteiger partial charge >= 0.3 is 12.1 Å². The number of nitrogens with two attached hydrogens (primary N) is 1. The fourth-order valence-corrected chi connectivity index (χ4v) is 3.93. The van der Waals surface area contributed by atoms with Crippen LogP contribution in [0.4, 0.5) is 13.2 Å². The number of carboxylic acids is 1. The van der Waals surface area contributed by atoms with Crippen LogP contribution in [0.5, 0.6) is 0 Å². The lowest BCUT2D eigenvalue weighted by atomic mass is 10.1. The molecule has 0 fully saturated rings. The van der Waals surface area contributed by atoms with Crippen molar-refractivity contribution in [3.63, 3.8) is 0 Å². The van der Waals surface area contributed by atoms with E-state index in [1.54, 1.807) is 0 Å². The van der Waals surface area contributed by atoms with Crippen LogP contribution in [0.3, 0.4) is 0 Å². The Hall–Kier alpha value is -0.860. The third-order valence-corrected chi connectivity index (χ3v) is 6.30. The minimum absolute atomic E-state index is 0.0756. The highest BCUT2D eigenvalue weighted by molar-refractivity contribution is 5.73. The molecule has 5 nitrogen and oxygen atoms in total. The summed E-state index contributed by atoms with van der Waals surface area (Å²) in [5, 5.41) is 7.12. The van der Waals surface area contributed by atoms with E-state index < -0.39 is 12.1 Å². The summed E-state index contributed by atoms with van der Waals surface area (Å²) in [5.74, 6) is -2.76. The van der Waals surface area contributed by atoms with Crippen molar-refractivity contribution in [1.29, 1.82) is 0 Å². The number of unbranched alkanes of at least 4 members (excludes halogenated alkanes) is 18. The SMILES string of the molecule is CCCCCCCCCCCCOCC(CN)OCCCCCCCCCCCC.O=C(O)C(F)(F)F. The van der Waals surface area contributed by atoms with Gasteiger partial charge in [0, 0.05) is 19.8 Å². The van der Waals surface area contributed by atoms with E-state index in [0.29, 0.717) is 13.2 Å². The van der Waals surface area contributed by atoms with Gasteiger partial charge in [0.15, 0.2) is 0 Å². The molecular formula is C29H58F3NO4. The highest BCUT2D eigenvalue weighted by atomic mass is 19.4. The number of hydrogen-bond donors (Lipinski definition) is 2. The zero-order valence-corrected chi connectivity index (χ0v) is 23.9. The van der Waals surface area contributed by atoms with Crippen LogP contribution >= 0.6 is 0 Å². The molecule has 0 spiro atoms. The standard InChI is InChI=1S/C27H57NO2.C2HF3O2/c1-3-5-7-9-11-13-15-17-19-21-23-29-26-27(25-28)30-24-22-20-18-16-14-12-10-8-6-4-2;3-2(4,5)1(6)7/h27H,3-26,28H2,1-2H3;(H,6,7). The Balaban J connectivity index is 0. The Bertz CT molecular complexity index is 465. The highest BCUT2D eigenvalue weighted by Crippen LogP contribution is 2.13. The number of alkyl halides is 3. The zero-order chi connectivity index (χ0) is 28.0. The molecule has 0 heterocycles. The van der Waals surface area contributed by atoms with Crippen molar-refractivity contribution in [3.05, 3.63) is 0 Å². The molecule has 0 aromatic rings. The monoisotopic (exact) mass is 541 g/mol. The lowest BCUT2D eigenvalue weighted by molar-refractivity contribution is -0.192. The van der Waals surface area contributed by atoms with Gasteiger partial charge in [0.25, 0.3) is 0 Å². The molecule has 3 N–H and O–H groups in total. The smallest absolute Gasteiger partial charge is 0.475 e. The maximum Gasteiger partial charge on any atom is 0.490 e. The normalized spacial score (nSPS) is 12.3. The number of ether oxygens (including phenoxy) is 2. The maximum absolute atomic E-state index is 10.6. The number of carboxylic acid groups (broad SMARTS) is 1. The Morgan fingerprint density at radius 2 is 1.00 bits per heavy atom. The van der Waals surface area contributed by atoms with Crippen molar-refractivity contribution < 1.29 is 32.5 Å². The molecule has 0 rings (SSSR count). The molecule has 0 radical (unpaired) electrons. The van der Waals surface area contributed by atoms with Crippen LogP contribution in [0.2, 0.25) is 0 Å². The van der Waals surface area contributed by atoms with Crippen molar-refractivity contribution in [3.8, 4) is 0 Å². The molecule has 224 valence electrons. The molecule has 0 saturated carbocycles. The van der Waals surface area contributed by atoms with E-state index in [2.05, 4.69) is 13.8 Å². The van der Waals surface area contributed by atoms with E-state index in [4.69, 9.17) is 25.1 Å². The van der Waals surface area contributed by atoms with Gasteiger partial charge in [-0.15, -0.1) is 0 Å². The van der Waals surface area contributed by atoms with Crippen LogP contribution in [0, 0.1) is 0 Å². The third-order valence-electron chi connectivity index (χ3n) is 6.30. The summed E-state index contributed by atoms with van der Waals surface area (Å²) in [5.41, 5.74) is 5.84. The van der Waals surface area contributed by atoms with Gasteiger partial charge in [0.05, 0.1) is 12.7 Å². The van der Waals surface area contributed by atoms with Gasteiger partial charge in [-0.3, -0.25) is 0 Å². The second-order valence-corrected chi connectivity index (χ2v) is 9.97. The van der Waals surface area contributed by atoms with Crippen molar-refractivity contribution >= 4 is 5.97 Å². The topological polar surface area (TPSA) is 81.8 Å². The van der Waals surface area contributed by atoms with Gasteiger partial charge in [0.1, 0.15) is 0 Å². The van der Waals surface area contributed by atoms with Crippen molar-refractivity contribution in [2.24, 2.45) is 5.73 Å². The Morgan fingerprint density at radius 3 is 1.32 bits per heavy atom. The van der Waals surface area contributed by atoms with Crippen molar-refractivity contribution in [1.82, 2.24) is 0 Å². The van der Waals surface area contributed by atoms with Gasteiger partial charge in [-0.25, -0.2) is 4.79 Å². The second kappa shape index (κ2) is 29.7. The van der Waals surface area contributed by atoms with Crippen molar-refractivity contribution in [2.45, 2.75) is 155 Å². The molecule has 8 heteroatoms. The summed E-state index contributed by atoms with van der Waals surface area (Å²) in [4.78, 5) is 8.90. The number of carbonyl (C=O) groups is 1. The van der Waals surface area contributed by atoms with Gasteiger partial charge in [-0.1, -0.05) is 129 Å². The summed E-state index contributed by atoms with van der Waals surface area (Å²) in [6.45, 7) is 7.47. The molecule has 0 aromatic carbocycles. The molecule has 0 amide bonds. The Kier molecular flexibility index (Phi) is 30.7. The summed E-state index contributed by atoms with van der Waals surface area (Å²) in [6, 6.07) is 0. The first kappa shape index (κ1) is 38.3. The molecule has 0 bridgehead atoms. The van der Waals surface area contributed by atoms with Crippen LogP contribution in [0.15, 0.2) is 0 Å². The lowest BCUT2D eigenvalue weighted by Crippen LogP contribution is -2.29. The molecule has 1 unspecified atom stereocenters. The molecule has 0 aliphatic heterocycles. The van der Waals surface area contributed by atoms with Gasteiger partial charge in [-0.05, 0) is 12.8 Å². The molecular weight excluding hydrogens is 483 g/mol. The molecule has 37 heavy (non-hydrogen) atoms. The molecule has 0 saturated heterocycles. The van der Waals surface area contributed by atoms with Gasteiger partial charge in [0.2, 0.25) is 0 Å². The summed E-state index contributed by atoms with van der Waals surface area (Å²) in [7, 11) is 0. The van der Waals surface area contributed by atoms with E-state index in [1.165, 1.54) is 122 Å². The van der Waals surface area contributed by atoms with Crippen LogP contribution in [0.25, 0.3) is 0 Å². The number of rotatable bonds is 26. The average molecular weight is 542 g/mol. The summed E-state index contributed by atoms with van der Waals surface area (Å²) < 4.78 is 43.5. The number of hydrogen-bond acceptors (Lipinski definition) is 4. The zero-order valence-electron chi connectivity index (χ0n) is 23.9. The fourth-order valence-electron chi connectivity index (χ4n) is 3.93. The first-order valence-electron chi connectivity index (χ1n) is 15.0. The van der Waals surface area contributed by atoms with Crippen molar-refractivity contribution in [2.75, 3.05) is 26.4 Å². The van der Waals surface area contributed by atoms with Crippen LogP contribution in [0.1, 0.15) is 142 Å². The summed E-state index contributed by atoms with van der Waals surface area (Å²) >= 11 is 0. The quantitative estimate of drug-likeness (QED) is 0.107. The largest absolute Gasteiger partial charge is 0.490 e. The molecule has 0 aliphatic rings. The first-order valence-corrected chi connectivity index (χ1v) is 15.0. The molecule has 0 aliphatic carbocycles. The number of aliphatic carboxylic acids is 1. The predicted molar refractivity (Wildman–Crippen MR) is 147 cm³/mol. The maximum atomic E-state index is 10.6. The third kappa shape index (κ3) is 33.1. The minimum Gasteiger partial charge on any atom is -0.475 e. The van der Waals surface area contributed by atoms with Gasteiger partial charge in [-0.2, -0.15) is 13.2 Å². The van der Waals surface area contributed by atoms with E-state index in [-0.39, 0.29) is 6.10 Å². The van der Waals surface area contributed by atoms with Crippen LogP contribution in [-0.2, 0) is 14.3 Å². The van der Waals surface area contributed by atoms with Crippen LogP contribution in [-0.4, -0.2) is 49.7 Å². The highest BCUT2D eigenvalue weighted by Gasteiger charge is 2.38. The van der Waals surface area contributed by atoms with Crippen LogP contribution < -0.4 is 5.73 Å². The molecule has 0 aromatic heterocycles. The first-order chi connectivity index (χ1) is 17.8. The Morgan fingerprint density at radius 1 is 0.676 bits per heavy atom. The van der Waals surface area contributed by atoms with Gasteiger partial charge < -0.3 is 20.3 Å². The molecule has 1 atom stereocenters. The number of halogens is 3. The average Bonchev–Trinajstić information content (AvgIpc) is 2.86. The fraction of sp³-hybridized carbons (Fsp3) is 0.966. The van der Waals surface area contributed by atoms with E-state index in [9.17, 15) is 13.2 Å². The predicted octanol–water partition coefficient (Wildman–Crippen LogP) is 8.82. The van der Waals surface area contributed by atoms with E-state index in [1.807, 2.05) is 0 Å². The van der Waals surface area contributed by atoms with E-state index in [0.717, 1.165) is 19.6 Å². The Labute approximate surface area is 225 Å².